The van der Waals surface area contributed by atoms with E-state index in [1.54, 1.807) is 0 Å². The van der Waals surface area contributed by atoms with Crippen molar-refractivity contribution < 1.29 is 9.53 Å². The van der Waals surface area contributed by atoms with Crippen LogP contribution in [0.25, 0.3) is 16.3 Å². The van der Waals surface area contributed by atoms with Crippen molar-refractivity contribution >= 4 is 33.2 Å². The summed E-state index contributed by atoms with van der Waals surface area (Å²) in [6, 6.07) is 20.9. The predicted octanol–water partition coefficient (Wildman–Crippen LogP) is 6.42. The minimum atomic E-state index is -0.300. The fourth-order valence-electron chi connectivity index (χ4n) is 5.32. The first-order chi connectivity index (χ1) is 15.3. The number of rotatable bonds is 3. The molecule has 2 nitrogen and oxygen atoms in total. The van der Waals surface area contributed by atoms with Gasteiger partial charge in [0, 0.05) is 21.7 Å². The molecular formula is C28H25O2S+. The third-order valence-corrected chi connectivity index (χ3v) is 9.29. The Morgan fingerprint density at radius 2 is 1.68 bits per heavy atom. The van der Waals surface area contributed by atoms with E-state index in [9.17, 15) is 4.79 Å². The minimum Gasteiger partial charge on any atom is -0.425 e. The van der Waals surface area contributed by atoms with Crippen LogP contribution in [0.4, 0.5) is 0 Å². The summed E-state index contributed by atoms with van der Waals surface area (Å²) >= 11 is 0. The second-order valence-corrected chi connectivity index (χ2v) is 10.8. The van der Waals surface area contributed by atoms with Crippen molar-refractivity contribution in [2.75, 3.05) is 11.5 Å². The summed E-state index contributed by atoms with van der Waals surface area (Å²) in [5.74, 6) is 2.80. The zero-order valence-corrected chi connectivity index (χ0v) is 18.3. The lowest BCUT2D eigenvalue weighted by Crippen LogP contribution is -2.20. The number of ether oxygens (including phenoxy) is 1. The van der Waals surface area contributed by atoms with Crippen molar-refractivity contribution in [1.82, 2.24) is 0 Å². The van der Waals surface area contributed by atoms with Crippen molar-refractivity contribution in [2.24, 2.45) is 0 Å². The monoisotopic (exact) mass is 425 g/mol. The predicted molar refractivity (Wildman–Crippen MR) is 129 cm³/mol. The van der Waals surface area contributed by atoms with Crippen LogP contribution < -0.4 is 4.74 Å². The Kier molecular flexibility index (Phi) is 4.72. The van der Waals surface area contributed by atoms with Crippen molar-refractivity contribution in [3.05, 3.63) is 89.5 Å². The summed E-state index contributed by atoms with van der Waals surface area (Å²) in [6.07, 6.45) is 8.93. The Morgan fingerprint density at radius 1 is 0.903 bits per heavy atom. The number of carbonyl (C=O) groups excluding carboxylic acids is 1. The summed E-state index contributed by atoms with van der Waals surface area (Å²) < 4.78 is 6.14. The Hall–Kier alpha value is -2.78. The lowest BCUT2D eigenvalue weighted by atomic mass is 9.91. The summed E-state index contributed by atoms with van der Waals surface area (Å²) in [4.78, 5) is 15.0. The van der Waals surface area contributed by atoms with Gasteiger partial charge in [0.15, 0.2) is 4.90 Å². The highest BCUT2D eigenvalue weighted by atomic mass is 32.2. The third kappa shape index (κ3) is 3.14. The lowest BCUT2D eigenvalue weighted by molar-refractivity contribution is -0.135. The molecule has 31 heavy (non-hydrogen) atoms. The zero-order valence-electron chi connectivity index (χ0n) is 17.5. The van der Waals surface area contributed by atoms with Crippen LogP contribution >= 0.6 is 0 Å². The molecule has 6 rings (SSSR count). The van der Waals surface area contributed by atoms with E-state index in [-0.39, 0.29) is 11.9 Å². The molecule has 1 heterocycles. The molecule has 1 atom stereocenters. The molecule has 3 heteroatoms. The third-order valence-electron chi connectivity index (χ3n) is 6.75. The fraction of sp³-hybridized carbons (Fsp3) is 0.250. The van der Waals surface area contributed by atoms with Crippen LogP contribution in [0.2, 0.25) is 0 Å². The van der Waals surface area contributed by atoms with Gasteiger partial charge in [-0.15, -0.1) is 0 Å². The van der Waals surface area contributed by atoms with Crippen molar-refractivity contribution in [3.63, 3.8) is 0 Å². The zero-order chi connectivity index (χ0) is 20.8. The molecule has 1 saturated heterocycles. The highest BCUT2D eigenvalue weighted by Gasteiger charge is 2.37. The number of benzene rings is 3. The number of hydrogen-bond acceptors (Lipinski definition) is 2. The molecule has 0 spiro atoms. The highest BCUT2D eigenvalue weighted by molar-refractivity contribution is 7.97. The molecule has 0 N–H and O–H groups in total. The standard InChI is InChI=1S/C28H25O2S/c29-28(27-23-13-5-1-9-19(23)20-10-2-6-14-24(20)27)30-25-15-16-26(31-17-7-8-18-31)22-12-4-3-11-21(22)25/h1-5,9-13,15-16,27H,6-8,14,17-18H2/q+1. The first-order valence-corrected chi connectivity index (χ1v) is 12.8. The van der Waals surface area contributed by atoms with Gasteiger partial charge in [0.2, 0.25) is 0 Å². The number of esters is 1. The van der Waals surface area contributed by atoms with Gasteiger partial charge < -0.3 is 4.74 Å². The average Bonchev–Trinajstić information content (AvgIpc) is 3.46. The number of fused-ring (bicyclic) bond motifs is 3. The topological polar surface area (TPSA) is 26.3 Å². The van der Waals surface area contributed by atoms with Gasteiger partial charge in [0.25, 0.3) is 0 Å². The first kappa shape index (κ1) is 18.9. The summed E-state index contributed by atoms with van der Waals surface area (Å²) in [5.41, 5.74) is 4.68. The molecule has 3 aromatic carbocycles. The van der Waals surface area contributed by atoms with E-state index in [1.165, 1.54) is 51.3 Å². The molecule has 3 aromatic rings. The van der Waals surface area contributed by atoms with Gasteiger partial charge in [-0.25, -0.2) is 0 Å². The van der Waals surface area contributed by atoms with Gasteiger partial charge >= 0.3 is 5.97 Å². The molecular weight excluding hydrogens is 400 g/mol. The maximum Gasteiger partial charge on any atom is 0.323 e. The molecule has 3 aliphatic rings. The maximum absolute atomic E-state index is 13.5. The molecule has 2 aliphatic carbocycles. The number of hydrogen-bond donors (Lipinski definition) is 0. The quantitative estimate of drug-likeness (QED) is 0.275. The van der Waals surface area contributed by atoms with Gasteiger partial charge in [-0.3, -0.25) is 4.79 Å². The molecule has 0 bridgehead atoms. The van der Waals surface area contributed by atoms with Crippen LogP contribution in [0.5, 0.6) is 5.75 Å². The molecule has 0 amide bonds. The molecule has 0 aromatic heterocycles. The summed E-state index contributed by atoms with van der Waals surface area (Å²) in [7, 11) is 0.321. The maximum atomic E-state index is 13.5. The Bertz CT molecular complexity index is 1250. The molecule has 0 radical (unpaired) electrons. The van der Waals surface area contributed by atoms with Crippen molar-refractivity contribution in [1.29, 1.82) is 0 Å². The summed E-state index contributed by atoms with van der Waals surface area (Å²) in [5, 5.41) is 2.29. The van der Waals surface area contributed by atoms with E-state index in [2.05, 4.69) is 54.6 Å². The van der Waals surface area contributed by atoms with Crippen LogP contribution in [0, 0.1) is 0 Å². The van der Waals surface area contributed by atoms with Gasteiger partial charge in [0.1, 0.15) is 23.2 Å². The second-order valence-electron chi connectivity index (χ2n) is 8.54. The Balaban J connectivity index is 1.38. The van der Waals surface area contributed by atoms with E-state index < -0.39 is 0 Å². The fourth-order valence-corrected chi connectivity index (χ4v) is 7.82. The van der Waals surface area contributed by atoms with Crippen LogP contribution in [0.1, 0.15) is 42.7 Å². The Labute approximate surface area is 186 Å². The molecule has 1 fully saturated rings. The largest absolute Gasteiger partial charge is 0.425 e. The van der Waals surface area contributed by atoms with E-state index in [0.29, 0.717) is 16.6 Å². The number of carbonyl (C=O) groups is 1. The normalized spacial score (nSPS) is 20.2. The van der Waals surface area contributed by atoms with Crippen molar-refractivity contribution in [2.45, 2.75) is 36.5 Å². The van der Waals surface area contributed by atoms with E-state index in [4.69, 9.17) is 4.74 Å². The first-order valence-electron chi connectivity index (χ1n) is 11.2. The van der Waals surface area contributed by atoms with Gasteiger partial charge in [-0.1, -0.05) is 54.6 Å². The minimum absolute atomic E-state index is 0.158. The molecule has 1 aliphatic heterocycles. The lowest BCUT2D eigenvalue weighted by Gasteiger charge is -2.18. The van der Waals surface area contributed by atoms with Crippen LogP contribution in [-0.4, -0.2) is 17.5 Å². The van der Waals surface area contributed by atoms with E-state index >= 15 is 0 Å². The SMILES string of the molecule is O=C(Oc1ccc([S+]2CCCC2)c2ccccc12)C1C2=C(C=CCC2)c2ccccc21. The second kappa shape index (κ2) is 7.72. The molecule has 0 saturated carbocycles. The van der Waals surface area contributed by atoms with Gasteiger partial charge in [-0.05, 0) is 66.2 Å². The van der Waals surface area contributed by atoms with Gasteiger partial charge in [0.05, 0.1) is 0 Å². The van der Waals surface area contributed by atoms with Crippen LogP contribution in [0.3, 0.4) is 0 Å². The van der Waals surface area contributed by atoms with Crippen LogP contribution in [0.15, 0.2) is 83.3 Å². The van der Waals surface area contributed by atoms with E-state index in [1.807, 2.05) is 18.2 Å². The highest BCUT2D eigenvalue weighted by Crippen LogP contribution is 2.47. The smallest absolute Gasteiger partial charge is 0.323 e. The molecule has 1 unspecified atom stereocenters. The van der Waals surface area contributed by atoms with E-state index in [0.717, 1.165) is 23.8 Å². The van der Waals surface area contributed by atoms with Gasteiger partial charge in [-0.2, -0.15) is 0 Å². The average molecular weight is 426 g/mol. The Morgan fingerprint density at radius 3 is 2.55 bits per heavy atom. The molecule has 154 valence electrons. The number of allylic oxidation sites excluding steroid dienone is 3. The summed E-state index contributed by atoms with van der Waals surface area (Å²) in [6.45, 7) is 0. The van der Waals surface area contributed by atoms with Crippen molar-refractivity contribution in [3.8, 4) is 5.75 Å². The van der Waals surface area contributed by atoms with Crippen LogP contribution in [-0.2, 0) is 15.7 Å².